The summed E-state index contributed by atoms with van der Waals surface area (Å²) in [5, 5.41) is 9.33. The van der Waals surface area contributed by atoms with Gasteiger partial charge in [0, 0.05) is 0 Å². The summed E-state index contributed by atoms with van der Waals surface area (Å²) >= 11 is 0. The van der Waals surface area contributed by atoms with Crippen molar-refractivity contribution in [2.75, 3.05) is 13.1 Å². The molecule has 1 fully saturated rings. The highest BCUT2D eigenvalue weighted by atomic mass is 19.4. The fourth-order valence-electron chi connectivity index (χ4n) is 2.63. The van der Waals surface area contributed by atoms with Gasteiger partial charge in [-0.2, -0.15) is 18.4 Å². The first-order chi connectivity index (χ1) is 9.43. The minimum Gasteiger partial charge on any atom is -0.284 e. The fourth-order valence-corrected chi connectivity index (χ4v) is 2.63. The predicted molar refractivity (Wildman–Crippen MR) is 69.8 cm³/mol. The Morgan fingerprint density at radius 1 is 1.25 bits per heavy atom. The van der Waals surface area contributed by atoms with E-state index in [1.807, 2.05) is 11.0 Å². The van der Waals surface area contributed by atoms with Crippen LogP contribution >= 0.6 is 0 Å². The van der Waals surface area contributed by atoms with Crippen LogP contribution in [0.5, 0.6) is 0 Å². The summed E-state index contributed by atoms with van der Waals surface area (Å²) in [6.07, 6.45) is -2.58. The van der Waals surface area contributed by atoms with Crippen LogP contribution in [0.3, 0.4) is 0 Å². The largest absolute Gasteiger partial charge is 0.416 e. The number of hydrogen-bond donors (Lipinski definition) is 0. The fraction of sp³-hybridized carbons (Fsp3) is 0.533. The topological polar surface area (TPSA) is 27.0 Å². The van der Waals surface area contributed by atoms with Crippen molar-refractivity contribution in [3.05, 3.63) is 35.4 Å². The molecule has 0 amide bonds. The lowest BCUT2D eigenvalue weighted by Crippen LogP contribution is -2.36. The summed E-state index contributed by atoms with van der Waals surface area (Å²) in [7, 11) is 0. The van der Waals surface area contributed by atoms with Crippen LogP contribution in [0, 0.1) is 17.2 Å². The van der Waals surface area contributed by atoms with Gasteiger partial charge >= 0.3 is 6.18 Å². The monoisotopic (exact) mass is 282 g/mol. The molecule has 1 aliphatic heterocycles. The molecule has 0 saturated carbocycles. The predicted octanol–water partition coefficient (Wildman–Crippen LogP) is 4.00. The van der Waals surface area contributed by atoms with Crippen LogP contribution in [-0.2, 0) is 6.18 Å². The SMILES string of the molecule is CC1CCN(C(C#N)c2ccccc2C(F)(F)F)CC1. The Bertz CT molecular complexity index is 497. The number of halogens is 3. The second-order valence-corrected chi connectivity index (χ2v) is 5.34. The molecular weight excluding hydrogens is 265 g/mol. The van der Waals surface area contributed by atoms with E-state index in [-0.39, 0.29) is 5.56 Å². The van der Waals surface area contributed by atoms with E-state index >= 15 is 0 Å². The summed E-state index contributed by atoms with van der Waals surface area (Å²) in [5.74, 6) is 0.573. The molecule has 1 aliphatic rings. The van der Waals surface area contributed by atoms with Crippen LogP contribution in [-0.4, -0.2) is 18.0 Å². The van der Waals surface area contributed by atoms with Gasteiger partial charge in [-0.3, -0.25) is 4.90 Å². The van der Waals surface area contributed by atoms with Crippen LogP contribution in [0.4, 0.5) is 13.2 Å². The average molecular weight is 282 g/mol. The molecule has 0 bridgehead atoms. The van der Waals surface area contributed by atoms with Crippen molar-refractivity contribution in [2.45, 2.75) is 32.0 Å². The zero-order chi connectivity index (χ0) is 14.8. The molecule has 1 heterocycles. The molecule has 0 aromatic heterocycles. The van der Waals surface area contributed by atoms with Gasteiger partial charge < -0.3 is 0 Å². The minimum atomic E-state index is -4.42. The smallest absolute Gasteiger partial charge is 0.284 e. The highest BCUT2D eigenvalue weighted by molar-refractivity contribution is 5.35. The number of benzene rings is 1. The summed E-state index contributed by atoms with van der Waals surface area (Å²) in [4.78, 5) is 1.85. The molecule has 1 unspecified atom stereocenters. The maximum atomic E-state index is 13.0. The van der Waals surface area contributed by atoms with E-state index in [9.17, 15) is 18.4 Å². The number of alkyl halides is 3. The summed E-state index contributed by atoms with van der Waals surface area (Å²) in [5.41, 5.74) is -0.637. The molecule has 0 N–H and O–H groups in total. The normalized spacial score (nSPS) is 19.6. The molecule has 2 nitrogen and oxygen atoms in total. The molecule has 20 heavy (non-hydrogen) atoms. The standard InChI is InChI=1S/C15H17F3N2/c1-11-6-8-20(9-7-11)14(10-19)12-4-2-3-5-13(12)15(16,17)18/h2-5,11,14H,6-9H2,1H3. The van der Waals surface area contributed by atoms with Crippen LogP contribution in [0.1, 0.15) is 36.9 Å². The van der Waals surface area contributed by atoms with Gasteiger partial charge in [0.15, 0.2) is 0 Å². The number of hydrogen-bond acceptors (Lipinski definition) is 2. The van der Waals surface area contributed by atoms with Gasteiger partial charge in [0.2, 0.25) is 0 Å². The van der Waals surface area contributed by atoms with E-state index in [2.05, 4.69) is 6.92 Å². The van der Waals surface area contributed by atoms with Gasteiger partial charge in [0.25, 0.3) is 0 Å². The van der Waals surface area contributed by atoms with E-state index in [0.717, 1.165) is 18.9 Å². The lowest BCUT2D eigenvalue weighted by atomic mass is 9.94. The average Bonchev–Trinajstić information content (AvgIpc) is 2.41. The zero-order valence-corrected chi connectivity index (χ0v) is 11.3. The molecule has 0 spiro atoms. The third kappa shape index (κ3) is 3.13. The molecule has 0 aliphatic carbocycles. The Balaban J connectivity index is 2.31. The number of rotatable bonds is 2. The summed E-state index contributed by atoms with van der Waals surface area (Å²) in [6.45, 7) is 3.47. The Hall–Kier alpha value is -1.54. The van der Waals surface area contributed by atoms with Crippen LogP contribution in [0.2, 0.25) is 0 Å². The highest BCUT2D eigenvalue weighted by Crippen LogP contribution is 2.37. The third-order valence-electron chi connectivity index (χ3n) is 3.87. The Labute approximate surface area is 116 Å². The maximum absolute atomic E-state index is 13.0. The highest BCUT2D eigenvalue weighted by Gasteiger charge is 2.36. The molecule has 1 aromatic rings. The van der Waals surface area contributed by atoms with Crippen LogP contribution < -0.4 is 0 Å². The molecule has 1 saturated heterocycles. The number of nitriles is 1. The molecular formula is C15H17F3N2. The van der Waals surface area contributed by atoms with Crippen molar-refractivity contribution >= 4 is 0 Å². The Morgan fingerprint density at radius 2 is 1.85 bits per heavy atom. The Morgan fingerprint density at radius 3 is 2.40 bits per heavy atom. The lowest BCUT2D eigenvalue weighted by molar-refractivity contribution is -0.138. The van der Waals surface area contributed by atoms with Crippen molar-refractivity contribution < 1.29 is 13.2 Å². The first-order valence-electron chi connectivity index (χ1n) is 6.73. The first kappa shape index (κ1) is 14.9. The van der Waals surface area contributed by atoms with E-state index in [1.165, 1.54) is 12.1 Å². The van der Waals surface area contributed by atoms with Gasteiger partial charge in [0.05, 0.1) is 11.6 Å². The molecule has 1 aromatic carbocycles. The zero-order valence-electron chi connectivity index (χ0n) is 11.3. The number of nitrogens with zero attached hydrogens (tertiary/aromatic N) is 2. The minimum absolute atomic E-state index is 0.0667. The Kier molecular flexibility index (Phi) is 4.34. The van der Waals surface area contributed by atoms with Crippen molar-refractivity contribution in [1.82, 2.24) is 4.90 Å². The van der Waals surface area contributed by atoms with Gasteiger partial charge in [-0.1, -0.05) is 25.1 Å². The quantitative estimate of drug-likeness (QED) is 0.819. The third-order valence-corrected chi connectivity index (χ3v) is 3.87. The van der Waals surface area contributed by atoms with Crippen molar-refractivity contribution in [2.24, 2.45) is 5.92 Å². The van der Waals surface area contributed by atoms with Gasteiger partial charge in [-0.25, -0.2) is 0 Å². The molecule has 108 valence electrons. The van der Waals surface area contributed by atoms with Crippen LogP contribution in [0.25, 0.3) is 0 Å². The van der Waals surface area contributed by atoms with Gasteiger partial charge in [0.1, 0.15) is 6.04 Å². The molecule has 1 atom stereocenters. The number of piperidine rings is 1. The van der Waals surface area contributed by atoms with E-state index in [0.29, 0.717) is 19.0 Å². The maximum Gasteiger partial charge on any atom is 0.416 e. The summed E-state index contributed by atoms with van der Waals surface area (Å²) < 4.78 is 39.1. The van der Waals surface area contributed by atoms with Gasteiger partial charge in [-0.05, 0) is 43.5 Å². The van der Waals surface area contributed by atoms with Crippen LogP contribution in [0.15, 0.2) is 24.3 Å². The van der Waals surface area contributed by atoms with Crippen molar-refractivity contribution in [3.63, 3.8) is 0 Å². The van der Waals surface area contributed by atoms with E-state index < -0.39 is 17.8 Å². The first-order valence-corrected chi connectivity index (χ1v) is 6.73. The summed E-state index contributed by atoms with van der Waals surface area (Å²) in [6, 6.07) is 6.60. The van der Waals surface area contributed by atoms with E-state index in [1.54, 1.807) is 6.07 Å². The van der Waals surface area contributed by atoms with E-state index in [4.69, 9.17) is 0 Å². The molecule has 5 heteroatoms. The number of likely N-dealkylation sites (tertiary alicyclic amines) is 1. The second kappa shape index (κ2) is 5.84. The van der Waals surface area contributed by atoms with Crippen molar-refractivity contribution in [3.8, 4) is 6.07 Å². The van der Waals surface area contributed by atoms with Crippen molar-refractivity contribution in [1.29, 1.82) is 5.26 Å². The molecule has 0 radical (unpaired) electrons. The lowest BCUT2D eigenvalue weighted by Gasteiger charge is -2.34. The second-order valence-electron chi connectivity index (χ2n) is 5.34. The van der Waals surface area contributed by atoms with Gasteiger partial charge in [-0.15, -0.1) is 0 Å². The molecule has 2 rings (SSSR count).